The molecule has 1 amide bonds. The van der Waals surface area contributed by atoms with E-state index in [1.54, 1.807) is 28.7 Å². The van der Waals surface area contributed by atoms with Crippen LogP contribution >= 0.6 is 0 Å². The number of aromatic nitrogens is 3. The van der Waals surface area contributed by atoms with Crippen molar-refractivity contribution in [2.45, 2.75) is 6.18 Å². The van der Waals surface area contributed by atoms with E-state index >= 15 is 0 Å². The van der Waals surface area contributed by atoms with Crippen LogP contribution in [0, 0.1) is 0 Å². The van der Waals surface area contributed by atoms with Gasteiger partial charge in [0.15, 0.2) is 0 Å². The molecule has 8 heteroatoms. The quantitative estimate of drug-likeness (QED) is 0.797. The Morgan fingerprint density at radius 2 is 1.75 bits per heavy atom. The largest absolute Gasteiger partial charge is 0.416 e. The SMILES string of the molecule is Cn1ncc(C(=O)Nc2ccc(C(F)(F)F)cc2)c1-n1cccc1. The van der Waals surface area contributed by atoms with Crippen LogP contribution in [0.3, 0.4) is 0 Å². The summed E-state index contributed by atoms with van der Waals surface area (Å²) in [6.07, 6.45) is 0.542. The Balaban J connectivity index is 1.84. The van der Waals surface area contributed by atoms with Crippen LogP contribution in [-0.4, -0.2) is 20.3 Å². The van der Waals surface area contributed by atoms with Gasteiger partial charge in [0.05, 0.1) is 11.8 Å². The van der Waals surface area contributed by atoms with Crippen molar-refractivity contribution in [3.8, 4) is 5.82 Å². The molecule has 2 aromatic heterocycles. The molecule has 0 radical (unpaired) electrons. The molecule has 1 N–H and O–H groups in total. The zero-order valence-electron chi connectivity index (χ0n) is 12.6. The second-order valence-electron chi connectivity index (χ2n) is 5.13. The molecule has 0 aliphatic heterocycles. The third kappa shape index (κ3) is 3.03. The van der Waals surface area contributed by atoms with Crippen LogP contribution in [0.2, 0.25) is 0 Å². The molecule has 3 aromatic rings. The smallest absolute Gasteiger partial charge is 0.322 e. The first-order valence-corrected chi connectivity index (χ1v) is 7.00. The first-order valence-electron chi connectivity index (χ1n) is 7.00. The van der Waals surface area contributed by atoms with Crippen molar-refractivity contribution in [3.63, 3.8) is 0 Å². The van der Waals surface area contributed by atoms with Crippen LogP contribution < -0.4 is 5.32 Å². The molecule has 0 bridgehead atoms. The van der Waals surface area contributed by atoms with Gasteiger partial charge in [0.2, 0.25) is 0 Å². The van der Waals surface area contributed by atoms with Crippen molar-refractivity contribution < 1.29 is 18.0 Å². The molecule has 0 fully saturated rings. The van der Waals surface area contributed by atoms with Gasteiger partial charge in [-0.1, -0.05) is 0 Å². The number of alkyl halides is 3. The normalized spacial score (nSPS) is 11.5. The van der Waals surface area contributed by atoms with Crippen molar-refractivity contribution >= 4 is 11.6 Å². The van der Waals surface area contributed by atoms with E-state index in [2.05, 4.69) is 10.4 Å². The number of halogens is 3. The van der Waals surface area contributed by atoms with Gasteiger partial charge in [-0.3, -0.25) is 9.48 Å². The predicted octanol–water partition coefficient (Wildman–Crippen LogP) is 3.48. The van der Waals surface area contributed by atoms with Gasteiger partial charge >= 0.3 is 6.18 Å². The summed E-state index contributed by atoms with van der Waals surface area (Å²) < 4.78 is 41.0. The molecule has 0 unspecified atom stereocenters. The zero-order chi connectivity index (χ0) is 17.3. The lowest BCUT2D eigenvalue weighted by Gasteiger charge is -2.10. The number of anilines is 1. The lowest BCUT2D eigenvalue weighted by molar-refractivity contribution is -0.137. The summed E-state index contributed by atoms with van der Waals surface area (Å²) in [5.41, 5.74) is -0.182. The van der Waals surface area contributed by atoms with E-state index in [4.69, 9.17) is 0 Å². The highest BCUT2D eigenvalue weighted by atomic mass is 19.4. The van der Waals surface area contributed by atoms with E-state index in [1.807, 2.05) is 12.1 Å². The molecule has 2 heterocycles. The number of benzene rings is 1. The van der Waals surface area contributed by atoms with Gasteiger partial charge in [-0.05, 0) is 36.4 Å². The number of rotatable bonds is 3. The average molecular weight is 334 g/mol. The molecule has 0 atom stereocenters. The predicted molar refractivity (Wildman–Crippen MR) is 81.9 cm³/mol. The Kier molecular flexibility index (Phi) is 3.88. The average Bonchev–Trinajstić information content (AvgIpc) is 3.15. The molecule has 0 saturated carbocycles. The highest BCUT2D eigenvalue weighted by molar-refractivity contribution is 6.06. The van der Waals surface area contributed by atoms with Gasteiger partial charge in [0, 0.05) is 25.1 Å². The topological polar surface area (TPSA) is 51.9 Å². The second-order valence-corrected chi connectivity index (χ2v) is 5.13. The van der Waals surface area contributed by atoms with E-state index in [0.29, 0.717) is 11.4 Å². The van der Waals surface area contributed by atoms with Crippen molar-refractivity contribution in [3.05, 3.63) is 66.1 Å². The number of carbonyl (C=O) groups excluding carboxylic acids is 1. The van der Waals surface area contributed by atoms with Crippen LogP contribution in [0.1, 0.15) is 15.9 Å². The molecular weight excluding hydrogens is 321 g/mol. The number of amides is 1. The monoisotopic (exact) mass is 334 g/mol. The van der Waals surface area contributed by atoms with Gasteiger partial charge in [0.1, 0.15) is 11.4 Å². The van der Waals surface area contributed by atoms with Gasteiger partial charge in [-0.15, -0.1) is 0 Å². The number of nitrogens with one attached hydrogen (secondary N) is 1. The summed E-state index contributed by atoms with van der Waals surface area (Å²) in [4.78, 5) is 12.4. The molecular formula is C16H13F3N4O. The van der Waals surface area contributed by atoms with Crippen LogP contribution in [0.4, 0.5) is 18.9 Å². The van der Waals surface area contributed by atoms with Crippen molar-refractivity contribution in [1.29, 1.82) is 0 Å². The number of hydrogen-bond donors (Lipinski definition) is 1. The minimum atomic E-state index is -4.41. The van der Waals surface area contributed by atoms with Crippen LogP contribution in [0.25, 0.3) is 5.82 Å². The molecule has 0 aliphatic rings. The Bertz CT molecular complexity index is 849. The van der Waals surface area contributed by atoms with Gasteiger partial charge < -0.3 is 9.88 Å². The first-order chi connectivity index (χ1) is 11.4. The third-order valence-corrected chi connectivity index (χ3v) is 3.47. The van der Waals surface area contributed by atoms with E-state index in [-0.39, 0.29) is 5.69 Å². The fraction of sp³-hybridized carbons (Fsp3) is 0.125. The van der Waals surface area contributed by atoms with Crippen molar-refractivity contribution in [2.75, 3.05) is 5.32 Å². The highest BCUT2D eigenvalue weighted by Crippen LogP contribution is 2.30. The third-order valence-electron chi connectivity index (χ3n) is 3.47. The fourth-order valence-electron chi connectivity index (χ4n) is 2.31. The molecule has 24 heavy (non-hydrogen) atoms. The number of hydrogen-bond acceptors (Lipinski definition) is 2. The summed E-state index contributed by atoms with van der Waals surface area (Å²) in [5.74, 6) is 0.107. The van der Waals surface area contributed by atoms with Crippen LogP contribution in [0.15, 0.2) is 55.0 Å². The van der Waals surface area contributed by atoms with Crippen molar-refractivity contribution in [2.24, 2.45) is 7.05 Å². The maximum absolute atomic E-state index is 12.6. The summed E-state index contributed by atoms with van der Waals surface area (Å²) in [5, 5.41) is 6.65. The zero-order valence-corrected chi connectivity index (χ0v) is 12.6. The summed E-state index contributed by atoms with van der Waals surface area (Å²) in [6.45, 7) is 0. The van der Waals surface area contributed by atoms with Gasteiger partial charge in [0.25, 0.3) is 5.91 Å². The lowest BCUT2D eigenvalue weighted by Crippen LogP contribution is -2.15. The maximum atomic E-state index is 12.6. The molecule has 1 aromatic carbocycles. The molecule has 3 rings (SSSR count). The van der Waals surface area contributed by atoms with E-state index in [0.717, 1.165) is 12.1 Å². The Labute approximate surface area is 135 Å². The van der Waals surface area contributed by atoms with E-state index in [9.17, 15) is 18.0 Å². The van der Waals surface area contributed by atoms with Gasteiger partial charge in [-0.25, -0.2) is 0 Å². The first kappa shape index (κ1) is 15.9. The standard InChI is InChI=1S/C16H13F3N4O/c1-22-15(23-8-2-3-9-23)13(10-20-22)14(24)21-12-6-4-11(5-7-12)16(17,18)19/h2-10H,1H3,(H,21,24). The second kappa shape index (κ2) is 5.88. The van der Waals surface area contributed by atoms with Crippen LogP contribution in [0.5, 0.6) is 0 Å². The summed E-state index contributed by atoms with van der Waals surface area (Å²) in [6, 6.07) is 7.89. The Hall–Kier alpha value is -3.03. The maximum Gasteiger partial charge on any atom is 0.416 e. The minimum absolute atomic E-state index is 0.273. The molecule has 0 aliphatic carbocycles. The molecule has 0 saturated heterocycles. The highest BCUT2D eigenvalue weighted by Gasteiger charge is 2.30. The van der Waals surface area contributed by atoms with E-state index in [1.165, 1.54) is 18.3 Å². The fourth-order valence-corrected chi connectivity index (χ4v) is 2.31. The number of aryl methyl sites for hydroxylation is 1. The number of nitrogens with zero attached hydrogens (tertiary/aromatic N) is 3. The van der Waals surface area contributed by atoms with Crippen molar-refractivity contribution in [1.82, 2.24) is 14.3 Å². The summed E-state index contributed by atoms with van der Waals surface area (Å²) in [7, 11) is 1.70. The van der Waals surface area contributed by atoms with Crippen LogP contribution in [-0.2, 0) is 13.2 Å². The van der Waals surface area contributed by atoms with Gasteiger partial charge in [-0.2, -0.15) is 18.3 Å². The number of carbonyl (C=O) groups is 1. The molecule has 0 spiro atoms. The summed E-state index contributed by atoms with van der Waals surface area (Å²) >= 11 is 0. The Morgan fingerprint density at radius 3 is 2.33 bits per heavy atom. The lowest BCUT2D eigenvalue weighted by atomic mass is 10.2. The van der Waals surface area contributed by atoms with E-state index < -0.39 is 17.6 Å². The molecule has 124 valence electrons. The Morgan fingerprint density at radius 1 is 1.12 bits per heavy atom. The minimum Gasteiger partial charge on any atom is -0.322 e. The molecule has 5 nitrogen and oxygen atoms in total.